The van der Waals surface area contributed by atoms with E-state index in [-0.39, 0.29) is 11.8 Å². The Bertz CT molecular complexity index is 850. The third kappa shape index (κ3) is 8.23. The summed E-state index contributed by atoms with van der Waals surface area (Å²) < 4.78 is 5.24. The van der Waals surface area contributed by atoms with Crippen LogP contribution in [-0.2, 0) is 21.9 Å². The highest BCUT2D eigenvalue weighted by molar-refractivity contribution is 7.99. The maximum absolute atomic E-state index is 13.3. The fourth-order valence-electron chi connectivity index (χ4n) is 3.29. The SMILES string of the molecule is CC[C@@H](C(=O)NCC(C)C)N(Cc1ccc(OC)cc1)C(=O)CSCc1ccc(C)cc1. The molecular weight excluding hydrogens is 420 g/mol. The van der Waals surface area contributed by atoms with Crippen LogP contribution in [0.2, 0.25) is 0 Å². The molecule has 2 aromatic carbocycles. The van der Waals surface area contributed by atoms with Gasteiger partial charge in [0.2, 0.25) is 11.8 Å². The van der Waals surface area contributed by atoms with Crippen molar-refractivity contribution in [1.82, 2.24) is 10.2 Å². The monoisotopic (exact) mass is 456 g/mol. The van der Waals surface area contributed by atoms with Gasteiger partial charge in [-0.25, -0.2) is 0 Å². The van der Waals surface area contributed by atoms with Gasteiger partial charge in [-0.2, -0.15) is 0 Å². The largest absolute Gasteiger partial charge is 0.497 e. The molecule has 0 saturated heterocycles. The third-order valence-corrected chi connectivity index (χ3v) is 6.19. The highest BCUT2D eigenvalue weighted by Crippen LogP contribution is 2.19. The van der Waals surface area contributed by atoms with E-state index in [9.17, 15) is 9.59 Å². The summed E-state index contributed by atoms with van der Waals surface area (Å²) >= 11 is 1.58. The van der Waals surface area contributed by atoms with Crippen molar-refractivity contribution in [2.75, 3.05) is 19.4 Å². The lowest BCUT2D eigenvalue weighted by atomic mass is 10.1. The van der Waals surface area contributed by atoms with E-state index >= 15 is 0 Å². The molecule has 0 saturated carbocycles. The number of nitrogens with one attached hydrogen (secondary N) is 1. The predicted molar refractivity (Wildman–Crippen MR) is 133 cm³/mol. The van der Waals surface area contributed by atoms with Crippen LogP contribution >= 0.6 is 11.8 Å². The smallest absolute Gasteiger partial charge is 0.242 e. The zero-order chi connectivity index (χ0) is 23.5. The third-order valence-electron chi connectivity index (χ3n) is 5.20. The van der Waals surface area contributed by atoms with E-state index in [0.717, 1.165) is 17.1 Å². The summed E-state index contributed by atoms with van der Waals surface area (Å²) in [7, 11) is 1.63. The molecule has 0 fully saturated rings. The van der Waals surface area contributed by atoms with Crippen molar-refractivity contribution in [2.45, 2.75) is 52.5 Å². The first-order valence-corrected chi connectivity index (χ1v) is 12.3. The molecule has 1 N–H and O–H groups in total. The summed E-state index contributed by atoms with van der Waals surface area (Å²) in [5.74, 6) is 2.10. The molecule has 0 aliphatic carbocycles. The second-order valence-corrected chi connectivity index (χ2v) is 9.40. The molecule has 2 aromatic rings. The number of carbonyl (C=O) groups is 2. The molecule has 0 bridgehead atoms. The fraction of sp³-hybridized carbons (Fsp3) is 0.462. The molecular formula is C26H36N2O3S. The molecule has 0 aliphatic heterocycles. The van der Waals surface area contributed by atoms with Crippen molar-refractivity contribution >= 4 is 23.6 Å². The van der Waals surface area contributed by atoms with Gasteiger partial charge in [0, 0.05) is 18.8 Å². The van der Waals surface area contributed by atoms with Gasteiger partial charge in [-0.15, -0.1) is 11.8 Å². The van der Waals surface area contributed by atoms with E-state index < -0.39 is 6.04 Å². The molecule has 1 atom stereocenters. The number of carbonyl (C=O) groups excluding carboxylic acids is 2. The summed E-state index contributed by atoms with van der Waals surface area (Å²) in [5.41, 5.74) is 3.38. The Morgan fingerprint density at radius 1 is 1.03 bits per heavy atom. The van der Waals surface area contributed by atoms with Gasteiger partial charge in [-0.3, -0.25) is 9.59 Å². The number of ether oxygens (including phenoxy) is 1. The van der Waals surface area contributed by atoms with Crippen molar-refractivity contribution in [3.8, 4) is 5.75 Å². The molecule has 2 amide bonds. The summed E-state index contributed by atoms with van der Waals surface area (Å²) in [6.45, 7) is 9.12. The van der Waals surface area contributed by atoms with E-state index in [0.29, 0.717) is 31.2 Å². The van der Waals surface area contributed by atoms with Gasteiger partial charge in [0.05, 0.1) is 12.9 Å². The molecule has 0 aliphatic rings. The number of amides is 2. The van der Waals surface area contributed by atoms with Crippen LogP contribution in [0.3, 0.4) is 0 Å². The number of aryl methyl sites for hydroxylation is 1. The molecule has 6 heteroatoms. The number of thioether (sulfide) groups is 1. The lowest BCUT2D eigenvalue weighted by Gasteiger charge is -2.31. The minimum Gasteiger partial charge on any atom is -0.497 e. The standard InChI is InChI=1S/C26H36N2O3S/c1-6-24(26(30)27-15-19(2)3)28(16-21-11-13-23(31-5)14-12-21)25(29)18-32-17-22-9-7-20(4)8-10-22/h7-14,19,24H,6,15-18H2,1-5H3,(H,27,30)/t24-/m0/s1. The van der Waals surface area contributed by atoms with E-state index in [1.807, 2.05) is 31.2 Å². The van der Waals surface area contributed by atoms with Gasteiger partial charge in [0.15, 0.2) is 0 Å². The maximum Gasteiger partial charge on any atom is 0.242 e. The summed E-state index contributed by atoms with van der Waals surface area (Å²) in [5, 5.41) is 3.00. The molecule has 5 nitrogen and oxygen atoms in total. The molecule has 0 radical (unpaired) electrons. The fourth-order valence-corrected chi connectivity index (χ4v) is 4.16. The van der Waals surface area contributed by atoms with Crippen LogP contribution in [0.4, 0.5) is 0 Å². The van der Waals surface area contributed by atoms with Crippen molar-refractivity contribution in [2.24, 2.45) is 5.92 Å². The van der Waals surface area contributed by atoms with Crippen LogP contribution in [0.5, 0.6) is 5.75 Å². The van der Waals surface area contributed by atoms with Crippen LogP contribution in [0.25, 0.3) is 0 Å². The minimum absolute atomic E-state index is 0.0236. The van der Waals surface area contributed by atoms with Gasteiger partial charge >= 0.3 is 0 Å². The number of hydrogen-bond acceptors (Lipinski definition) is 4. The first kappa shape index (κ1) is 25.8. The van der Waals surface area contributed by atoms with Crippen molar-refractivity contribution in [1.29, 1.82) is 0 Å². The van der Waals surface area contributed by atoms with Crippen molar-refractivity contribution < 1.29 is 14.3 Å². The van der Waals surface area contributed by atoms with Crippen LogP contribution in [0.15, 0.2) is 48.5 Å². The predicted octanol–water partition coefficient (Wildman–Crippen LogP) is 4.82. The number of rotatable bonds is 12. The van der Waals surface area contributed by atoms with E-state index in [2.05, 4.69) is 50.4 Å². The lowest BCUT2D eigenvalue weighted by molar-refractivity contribution is -0.139. The van der Waals surface area contributed by atoms with E-state index in [1.165, 1.54) is 11.1 Å². The highest BCUT2D eigenvalue weighted by Gasteiger charge is 2.28. The number of nitrogens with zero attached hydrogens (tertiary/aromatic N) is 1. The van der Waals surface area contributed by atoms with Gasteiger partial charge in [0.25, 0.3) is 0 Å². The van der Waals surface area contributed by atoms with Crippen LogP contribution < -0.4 is 10.1 Å². The second kappa shape index (κ2) is 13.2. The van der Waals surface area contributed by atoms with Gasteiger partial charge in [-0.05, 0) is 42.5 Å². The minimum atomic E-state index is -0.497. The molecule has 2 rings (SSSR count). The van der Waals surface area contributed by atoms with Crippen molar-refractivity contribution in [3.05, 3.63) is 65.2 Å². The van der Waals surface area contributed by atoms with E-state index in [1.54, 1.807) is 23.8 Å². The Hall–Kier alpha value is -2.47. The maximum atomic E-state index is 13.3. The molecule has 0 heterocycles. The second-order valence-electron chi connectivity index (χ2n) is 8.41. The van der Waals surface area contributed by atoms with Gasteiger partial charge in [0.1, 0.15) is 11.8 Å². The topological polar surface area (TPSA) is 58.6 Å². The van der Waals surface area contributed by atoms with Gasteiger partial charge in [-0.1, -0.05) is 62.7 Å². The summed E-state index contributed by atoms with van der Waals surface area (Å²) in [6, 6.07) is 15.5. The van der Waals surface area contributed by atoms with E-state index in [4.69, 9.17) is 4.74 Å². The van der Waals surface area contributed by atoms with Crippen LogP contribution in [0, 0.1) is 12.8 Å². The zero-order valence-electron chi connectivity index (χ0n) is 19.9. The first-order chi connectivity index (χ1) is 15.3. The zero-order valence-corrected chi connectivity index (χ0v) is 20.7. The molecule has 0 spiro atoms. The van der Waals surface area contributed by atoms with Crippen LogP contribution in [0.1, 0.15) is 43.9 Å². The average molecular weight is 457 g/mol. The first-order valence-electron chi connectivity index (χ1n) is 11.2. The summed E-state index contributed by atoms with van der Waals surface area (Å²) in [6.07, 6.45) is 0.564. The molecule has 174 valence electrons. The quantitative estimate of drug-likeness (QED) is 0.498. The summed E-state index contributed by atoms with van der Waals surface area (Å²) in [4.78, 5) is 27.9. The lowest BCUT2D eigenvalue weighted by Crippen LogP contribution is -2.50. The Kier molecular flexibility index (Phi) is 10.6. The Balaban J connectivity index is 2.11. The number of methoxy groups -OCH3 is 1. The highest BCUT2D eigenvalue weighted by atomic mass is 32.2. The molecule has 0 unspecified atom stereocenters. The Morgan fingerprint density at radius 2 is 1.66 bits per heavy atom. The Labute approximate surface area is 196 Å². The van der Waals surface area contributed by atoms with Crippen molar-refractivity contribution in [3.63, 3.8) is 0 Å². The normalized spacial score (nSPS) is 11.8. The van der Waals surface area contributed by atoms with Gasteiger partial charge < -0.3 is 15.0 Å². The Morgan fingerprint density at radius 3 is 2.22 bits per heavy atom. The molecule has 0 aromatic heterocycles. The number of benzene rings is 2. The average Bonchev–Trinajstić information content (AvgIpc) is 2.79. The number of hydrogen-bond donors (Lipinski definition) is 1. The molecule has 32 heavy (non-hydrogen) atoms. The van der Waals surface area contributed by atoms with Crippen LogP contribution in [-0.4, -0.2) is 42.2 Å².